The Morgan fingerprint density at radius 1 is 0.385 bits per heavy atom. The van der Waals surface area contributed by atoms with Crippen LogP contribution >= 0.6 is 23.4 Å². The van der Waals surface area contributed by atoms with E-state index in [9.17, 15) is 53.3 Å². The summed E-state index contributed by atoms with van der Waals surface area (Å²) in [6.07, 6.45) is 5.57. The molecule has 6 fully saturated rings. The van der Waals surface area contributed by atoms with Gasteiger partial charge in [-0.2, -0.15) is 0 Å². The number of amides is 7. The molecule has 117 heavy (non-hydrogen) atoms. The molecule has 640 valence electrons. The first-order valence-electron chi connectivity index (χ1n) is 39.9. The molecule has 6 aromatic carbocycles. The zero-order valence-corrected chi connectivity index (χ0v) is 69.6. The van der Waals surface area contributed by atoms with Crippen molar-refractivity contribution in [2.75, 3.05) is 138 Å². The molecule has 28 nitrogen and oxygen atoms in total. The number of morpholine rings is 1. The van der Waals surface area contributed by atoms with Gasteiger partial charge in [0, 0.05) is 103 Å². The standard InChI is InChI=1S/C16H23N3O3.C15H22N2O3.C14H19ClN2O2.C14H19FN2O2.C14H20N2O3.C13H18N2O2S/c1-12(20)18-7-9-19(10-8-18)16(21)15(17)11-13-3-5-14(22-2)6-4-13;1-20-13-4-2-11(3-5-13)10-14(16)15(19)17-8-6-12(18)7-9-17;2*15-12-4-2-1-3-10(12)9-13(16)14(19)17-7-5-11(18)6-8-17;1-18-12-4-2-11(3-5-12)10-13(15)14(17)16-6-8-19-9-7-16;1-17-11-4-2-10(3-5-11)8-12(14)13(16)15-6-7-18-9-15/h3-6,15H,7-11,17H2,1-2H3;2-5,12,14,18H,6-10,16H2,1H3;2*1-4,11,13,18H,5-9,16H2;2-5,13H,6-10,15H2,1H3;2-5,12H,6-9,14H2,1H3/t15-;14-;3*13-;12-/m000000/s1. The minimum absolute atomic E-state index is 0.000817. The summed E-state index contributed by atoms with van der Waals surface area (Å²) in [5, 5.41) is 28.9. The normalized spacial score (nSPS) is 17.4. The Morgan fingerprint density at radius 2 is 0.658 bits per heavy atom. The van der Waals surface area contributed by atoms with E-state index in [-0.39, 0.29) is 71.9 Å². The average Bonchev–Trinajstić information content (AvgIpc) is 1.12. The minimum Gasteiger partial charge on any atom is -0.497 e. The Morgan fingerprint density at radius 3 is 0.957 bits per heavy atom. The first kappa shape index (κ1) is 95.1. The molecule has 0 unspecified atom stereocenters. The fraction of sp³-hybridized carbons (Fsp3) is 0.500. The van der Waals surface area contributed by atoms with Crippen LogP contribution in [0.1, 0.15) is 78.8 Å². The lowest BCUT2D eigenvalue weighted by atomic mass is 10.0. The van der Waals surface area contributed by atoms with Crippen molar-refractivity contribution in [2.24, 2.45) is 34.4 Å². The van der Waals surface area contributed by atoms with Gasteiger partial charge >= 0.3 is 0 Å². The highest BCUT2D eigenvalue weighted by Gasteiger charge is 2.32. The number of thioether (sulfide) groups is 1. The highest BCUT2D eigenvalue weighted by molar-refractivity contribution is 7.99. The second-order valence-corrected chi connectivity index (χ2v) is 31.0. The Hall–Kier alpha value is -9.02. The number of aliphatic hydroxyl groups excluding tert-OH is 3. The number of ether oxygens (including phenoxy) is 5. The minimum atomic E-state index is -0.729. The summed E-state index contributed by atoms with van der Waals surface area (Å²) in [6, 6.07) is 40.9. The van der Waals surface area contributed by atoms with Crippen molar-refractivity contribution < 1.29 is 77.0 Å². The number of nitrogens with two attached hydrogens (primary N) is 6. The van der Waals surface area contributed by atoms with E-state index >= 15 is 0 Å². The smallest absolute Gasteiger partial charge is 0.240 e. The number of hydrogen-bond donors (Lipinski definition) is 9. The van der Waals surface area contributed by atoms with E-state index < -0.39 is 36.3 Å². The Kier molecular flexibility index (Phi) is 40.7. The third-order valence-corrected chi connectivity index (χ3v) is 22.2. The van der Waals surface area contributed by atoms with E-state index in [0.717, 1.165) is 69.0 Å². The number of benzene rings is 6. The monoisotopic (exact) mass is 1660 g/mol. The maximum Gasteiger partial charge on any atom is 0.240 e. The number of methoxy groups -OCH3 is 4. The van der Waals surface area contributed by atoms with Crippen LogP contribution in [-0.2, 0) is 76.8 Å². The molecule has 0 saturated carbocycles. The van der Waals surface area contributed by atoms with E-state index in [4.69, 9.17) is 69.7 Å². The number of hydrogen-bond acceptors (Lipinski definition) is 22. The van der Waals surface area contributed by atoms with Gasteiger partial charge in [0.25, 0.3) is 0 Å². The Labute approximate surface area is 696 Å². The van der Waals surface area contributed by atoms with E-state index in [2.05, 4.69) is 0 Å². The molecule has 6 saturated heterocycles. The van der Waals surface area contributed by atoms with Crippen LogP contribution in [0.15, 0.2) is 146 Å². The lowest BCUT2D eigenvalue weighted by Crippen LogP contribution is -2.54. The number of carbonyl (C=O) groups is 7. The molecule has 6 heterocycles. The van der Waals surface area contributed by atoms with Gasteiger partial charge in [-0.05, 0) is 171 Å². The maximum atomic E-state index is 13.5. The lowest BCUT2D eigenvalue weighted by Gasteiger charge is -2.35. The average molecular weight is 1660 g/mol. The van der Waals surface area contributed by atoms with Crippen LogP contribution in [0, 0.1) is 5.82 Å². The molecule has 0 radical (unpaired) electrons. The van der Waals surface area contributed by atoms with Gasteiger partial charge in [-0.3, -0.25) is 33.6 Å². The number of aliphatic hydroxyl groups is 3. The quantitative estimate of drug-likeness (QED) is 0.0460. The predicted molar refractivity (Wildman–Crippen MR) is 451 cm³/mol. The fourth-order valence-corrected chi connectivity index (χ4v) is 14.8. The third-order valence-electron chi connectivity index (χ3n) is 20.9. The summed E-state index contributed by atoms with van der Waals surface area (Å²) >= 11 is 7.84. The van der Waals surface area contributed by atoms with Crippen molar-refractivity contribution in [2.45, 2.75) is 139 Å². The van der Waals surface area contributed by atoms with Crippen molar-refractivity contribution in [1.82, 2.24) is 34.3 Å². The summed E-state index contributed by atoms with van der Waals surface area (Å²) in [5.41, 5.74) is 41.3. The molecule has 15 N–H and O–H groups in total. The molecular formula is C86H121ClFN13O15S. The van der Waals surface area contributed by atoms with Crippen molar-refractivity contribution in [3.8, 4) is 23.0 Å². The number of likely N-dealkylation sites (tertiary alicyclic amines) is 3. The summed E-state index contributed by atoms with van der Waals surface area (Å²) in [5.74, 6) is 4.42. The summed E-state index contributed by atoms with van der Waals surface area (Å²) in [4.78, 5) is 96.6. The van der Waals surface area contributed by atoms with Crippen LogP contribution in [0.25, 0.3) is 0 Å². The molecule has 6 aromatic rings. The molecule has 31 heteroatoms. The molecule has 0 bridgehead atoms. The van der Waals surface area contributed by atoms with Gasteiger partial charge in [-0.15, -0.1) is 11.8 Å². The van der Waals surface area contributed by atoms with Crippen LogP contribution in [0.5, 0.6) is 23.0 Å². The second-order valence-electron chi connectivity index (χ2n) is 29.5. The van der Waals surface area contributed by atoms with Crippen molar-refractivity contribution in [3.05, 3.63) is 190 Å². The number of piperazine rings is 1. The van der Waals surface area contributed by atoms with Crippen LogP contribution in [0.4, 0.5) is 4.39 Å². The molecule has 6 aliphatic rings. The molecule has 0 spiro atoms. The van der Waals surface area contributed by atoms with Crippen molar-refractivity contribution in [1.29, 1.82) is 0 Å². The number of halogens is 2. The highest BCUT2D eigenvalue weighted by Crippen LogP contribution is 2.23. The number of carbonyl (C=O) groups excluding carboxylic acids is 7. The van der Waals surface area contributed by atoms with Gasteiger partial charge in [0.1, 0.15) is 28.8 Å². The zero-order chi connectivity index (χ0) is 84.9. The Bertz CT molecular complexity index is 3910. The van der Waals surface area contributed by atoms with Crippen LogP contribution in [0.3, 0.4) is 0 Å². The maximum absolute atomic E-state index is 13.5. The van der Waals surface area contributed by atoms with Gasteiger partial charge in [0.15, 0.2) is 0 Å². The molecular weight excluding hydrogens is 1540 g/mol. The number of piperidine rings is 3. The third kappa shape index (κ3) is 32.0. The van der Waals surface area contributed by atoms with Gasteiger partial charge in [0.05, 0.1) is 102 Å². The molecule has 6 aliphatic heterocycles. The van der Waals surface area contributed by atoms with Gasteiger partial charge in [0.2, 0.25) is 41.4 Å². The first-order valence-corrected chi connectivity index (χ1v) is 41.4. The van der Waals surface area contributed by atoms with Gasteiger partial charge < -0.3 is 108 Å². The lowest BCUT2D eigenvalue weighted by molar-refractivity contribution is -0.139. The fourth-order valence-electron chi connectivity index (χ4n) is 13.7. The molecule has 7 amide bonds. The Balaban J connectivity index is 0.000000194. The van der Waals surface area contributed by atoms with Crippen molar-refractivity contribution >= 4 is 64.7 Å². The van der Waals surface area contributed by atoms with Crippen molar-refractivity contribution in [3.63, 3.8) is 0 Å². The van der Waals surface area contributed by atoms with E-state index in [0.29, 0.717) is 173 Å². The molecule has 6 atom stereocenters. The molecule has 0 aliphatic carbocycles. The van der Waals surface area contributed by atoms with Crippen LogP contribution in [-0.4, -0.2) is 284 Å². The number of nitrogens with zero attached hydrogens (tertiary/aromatic N) is 7. The SMILES string of the molecule is COc1ccc(C[C@H](N)C(=O)N2CCC(O)CC2)cc1.COc1ccc(C[C@H](N)C(=O)N2CCN(C(C)=O)CC2)cc1.COc1ccc(C[C@H](N)C(=O)N2CCOCC2)cc1.COc1ccc(C[C@H](N)C(=O)N2CCSC2)cc1.N[C@@H](Cc1ccccc1Cl)C(=O)N1CCC(O)CC1.N[C@@H](Cc1ccccc1F)C(=O)N1CCC(O)CC1. The van der Waals surface area contributed by atoms with Crippen LogP contribution < -0.4 is 53.3 Å². The topological polar surface area (TPSA) is 405 Å². The van der Waals surface area contributed by atoms with E-state index in [1.165, 1.54) is 6.07 Å². The highest BCUT2D eigenvalue weighted by atomic mass is 35.5. The van der Waals surface area contributed by atoms with E-state index in [1.54, 1.807) is 101 Å². The van der Waals surface area contributed by atoms with Gasteiger partial charge in [-0.1, -0.05) is 96.5 Å². The predicted octanol–water partition coefficient (Wildman–Crippen LogP) is 4.20. The van der Waals surface area contributed by atoms with E-state index in [1.807, 2.05) is 120 Å². The summed E-state index contributed by atoms with van der Waals surface area (Å²) in [7, 11) is 6.50. The largest absolute Gasteiger partial charge is 0.497 e. The van der Waals surface area contributed by atoms with Gasteiger partial charge in [-0.25, -0.2) is 4.39 Å². The number of rotatable bonds is 22. The zero-order valence-electron chi connectivity index (χ0n) is 68.1. The molecule has 12 rings (SSSR count). The first-order chi connectivity index (χ1) is 56.2. The second kappa shape index (κ2) is 50.0. The molecule has 0 aromatic heterocycles. The summed E-state index contributed by atoms with van der Waals surface area (Å²) < 4.78 is 39.1. The van der Waals surface area contributed by atoms with Crippen LogP contribution in [0.2, 0.25) is 5.02 Å². The summed E-state index contributed by atoms with van der Waals surface area (Å²) in [6.45, 7) is 10.5.